The predicted octanol–water partition coefficient (Wildman–Crippen LogP) is 3.23. The second-order valence-corrected chi connectivity index (χ2v) is 6.51. The zero-order valence-corrected chi connectivity index (χ0v) is 15.0. The van der Waals surface area contributed by atoms with Gasteiger partial charge in [-0.1, -0.05) is 24.6 Å². The summed E-state index contributed by atoms with van der Waals surface area (Å²) < 4.78 is 5.05. The van der Waals surface area contributed by atoms with Crippen LogP contribution < -0.4 is 10.1 Å². The van der Waals surface area contributed by atoms with Crippen LogP contribution in [0.15, 0.2) is 18.2 Å². The topological polar surface area (TPSA) is 88.5 Å². The Balaban J connectivity index is 2.28. The number of carbonyl (C=O) groups excluding carboxylic acids is 1. The molecule has 2 rings (SSSR count). The zero-order valence-electron chi connectivity index (χ0n) is 13.4. The molecule has 0 radical (unpaired) electrons. The quantitative estimate of drug-likeness (QED) is 0.817. The molecule has 0 aliphatic heterocycles. The minimum atomic E-state index is -1.22. The summed E-state index contributed by atoms with van der Waals surface area (Å²) in [5.74, 6) is -1.21. The number of carbonyl (C=O) groups is 2. The van der Waals surface area contributed by atoms with Gasteiger partial charge < -0.3 is 15.2 Å². The number of rotatable bonds is 6. The van der Waals surface area contributed by atoms with E-state index in [0.717, 1.165) is 11.4 Å². The van der Waals surface area contributed by atoms with E-state index in [-0.39, 0.29) is 5.02 Å². The Kier molecular flexibility index (Phi) is 5.80. The van der Waals surface area contributed by atoms with Crippen LogP contribution in [0.1, 0.15) is 38.9 Å². The lowest BCUT2D eigenvalue weighted by atomic mass is 10.1. The molecule has 2 aromatic rings. The number of nitrogens with one attached hydrogen (secondary N) is 1. The number of thiazole rings is 1. The molecule has 0 aliphatic rings. The fourth-order valence-electron chi connectivity index (χ4n) is 2.16. The molecule has 0 saturated carbocycles. The van der Waals surface area contributed by atoms with Crippen LogP contribution in [-0.4, -0.2) is 29.1 Å². The third-order valence-corrected chi connectivity index (χ3v) is 4.98. The number of aromatic nitrogens is 1. The first-order chi connectivity index (χ1) is 11.4. The number of aliphatic carboxylic acids is 1. The van der Waals surface area contributed by atoms with Crippen molar-refractivity contribution in [2.45, 2.75) is 26.3 Å². The van der Waals surface area contributed by atoms with E-state index in [2.05, 4.69) is 10.3 Å². The van der Waals surface area contributed by atoms with Crippen molar-refractivity contribution in [1.82, 2.24) is 10.3 Å². The Labute approximate surface area is 148 Å². The zero-order chi connectivity index (χ0) is 17.9. The highest BCUT2D eigenvalue weighted by Crippen LogP contribution is 2.28. The lowest BCUT2D eigenvalue weighted by Gasteiger charge is -2.15. The number of nitrogens with zero attached hydrogens (tertiary/aromatic N) is 1. The summed E-state index contributed by atoms with van der Waals surface area (Å²) in [4.78, 5) is 28.7. The van der Waals surface area contributed by atoms with Gasteiger partial charge >= 0.3 is 5.97 Å². The molecule has 1 atom stereocenters. The Morgan fingerprint density at radius 2 is 2.17 bits per heavy atom. The highest BCUT2D eigenvalue weighted by Gasteiger charge is 2.25. The van der Waals surface area contributed by atoms with Gasteiger partial charge in [-0.2, -0.15) is 0 Å². The monoisotopic (exact) mass is 368 g/mol. The van der Waals surface area contributed by atoms with Gasteiger partial charge in [-0.15, -0.1) is 11.3 Å². The first-order valence-corrected chi connectivity index (χ1v) is 8.40. The van der Waals surface area contributed by atoms with Crippen molar-refractivity contribution in [3.05, 3.63) is 44.4 Å². The number of aryl methyl sites for hydroxylation is 2. The highest BCUT2D eigenvalue weighted by molar-refractivity contribution is 7.13. The largest absolute Gasteiger partial charge is 0.495 e. The lowest BCUT2D eigenvalue weighted by molar-refractivity contribution is -0.139. The van der Waals surface area contributed by atoms with Gasteiger partial charge in [0.15, 0.2) is 6.04 Å². The number of methoxy groups -OCH3 is 1. The smallest absolute Gasteiger partial charge is 0.330 e. The van der Waals surface area contributed by atoms with Crippen molar-refractivity contribution in [3.8, 4) is 5.75 Å². The van der Waals surface area contributed by atoms with Crippen LogP contribution in [0.3, 0.4) is 0 Å². The first-order valence-electron chi connectivity index (χ1n) is 7.20. The first kappa shape index (κ1) is 18.2. The minimum absolute atomic E-state index is 0.276. The molecule has 24 heavy (non-hydrogen) atoms. The van der Waals surface area contributed by atoms with Crippen molar-refractivity contribution in [3.63, 3.8) is 0 Å². The van der Waals surface area contributed by atoms with Crippen molar-refractivity contribution >= 4 is 34.8 Å². The third kappa shape index (κ3) is 3.85. The van der Waals surface area contributed by atoms with E-state index in [1.165, 1.54) is 24.5 Å². The van der Waals surface area contributed by atoms with Gasteiger partial charge in [-0.3, -0.25) is 4.79 Å². The summed E-state index contributed by atoms with van der Waals surface area (Å²) in [6.07, 6.45) is 0.717. The standard InChI is InChI=1S/C16H17ClN2O4S/c1-4-12-18-8(2)14(24-12)15(20)19-13(16(21)22)9-5-6-11(23-3)10(17)7-9/h5-7,13H,4H2,1-3H3,(H,19,20)(H,21,22). The van der Waals surface area contributed by atoms with E-state index >= 15 is 0 Å². The van der Waals surface area contributed by atoms with Gasteiger partial charge in [-0.25, -0.2) is 9.78 Å². The second-order valence-electron chi connectivity index (χ2n) is 5.01. The number of amides is 1. The van der Waals surface area contributed by atoms with Gasteiger partial charge in [0.25, 0.3) is 5.91 Å². The second kappa shape index (κ2) is 7.63. The summed E-state index contributed by atoms with van der Waals surface area (Å²) in [5, 5.41) is 13.1. The van der Waals surface area contributed by atoms with Gasteiger partial charge in [0.2, 0.25) is 0 Å². The molecule has 1 unspecified atom stereocenters. The van der Waals surface area contributed by atoms with E-state index in [1.807, 2.05) is 6.92 Å². The molecule has 0 spiro atoms. The van der Waals surface area contributed by atoms with Crippen LogP contribution in [-0.2, 0) is 11.2 Å². The summed E-state index contributed by atoms with van der Waals surface area (Å²) >= 11 is 7.30. The number of ether oxygens (including phenoxy) is 1. The predicted molar refractivity (Wildman–Crippen MR) is 92.1 cm³/mol. The van der Waals surface area contributed by atoms with Crippen LogP contribution in [0.25, 0.3) is 0 Å². The summed E-state index contributed by atoms with van der Waals surface area (Å²) in [7, 11) is 1.47. The SMILES string of the molecule is CCc1nc(C)c(C(=O)NC(C(=O)O)c2ccc(OC)c(Cl)c2)s1. The van der Waals surface area contributed by atoms with Crippen LogP contribution >= 0.6 is 22.9 Å². The van der Waals surface area contributed by atoms with Crippen LogP contribution in [0.2, 0.25) is 5.02 Å². The molecular formula is C16H17ClN2O4S. The number of carboxylic acid groups (broad SMARTS) is 1. The van der Waals surface area contributed by atoms with Crippen LogP contribution in [0, 0.1) is 6.92 Å². The number of hydrogen-bond acceptors (Lipinski definition) is 5. The van der Waals surface area contributed by atoms with Gasteiger partial charge in [0.1, 0.15) is 10.6 Å². The van der Waals surface area contributed by atoms with E-state index < -0.39 is 17.9 Å². The van der Waals surface area contributed by atoms with E-state index in [4.69, 9.17) is 16.3 Å². The molecule has 8 heteroatoms. The Morgan fingerprint density at radius 1 is 1.46 bits per heavy atom. The van der Waals surface area contributed by atoms with Crippen molar-refractivity contribution in [1.29, 1.82) is 0 Å². The molecule has 128 valence electrons. The van der Waals surface area contributed by atoms with Crippen LogP contribution in [0.4, 0.5) is 0 Å². The number of benzene rings is 1. The average molecular weight is 369 g/mol. The summed E-state index contributed by atoms with van der Waals surface area (Å²) in [6, 6.07) is 3.37. The van der Waals surface area contributed by atoms with E-state index in [1.54, 1.807) is 19.1 Å². The third-order valence-electron chi connectivity index (χ3n) is 3.38. The molecule has 0 aliphatic carbocycles. The maximum Gasteiger partial charge on any atom is 0.330 e. The fourth-order valence-corrected chi connectivity index (χ4v) is 3.33. The maximum atomic E-state index is 12.4. The molecule has 1 aromatic carbocycles. The lowest BCUT2D eigenvalue weighted by Crippen LogP contribution is -2.33. The normalized spacial score (nSPS) is 11.8. The molecule has 0 fully saturated rings. The summed E-state index contributed by atoms with van der Waals surface area (Å²) in [5.41, 5.74) is 0.950. The van der Waals surface area contributed by atoms with Crippen molar-refractivity contribution in [2.24, 2.45) is 0 Å². The van der Waals surface area contributed by atoms with Gasteiger partial charge in [-0.05, 0) is 31.0 Å². The fraction of sp³-hybridized carbons (Fsp3) is 0.312. The molecular weight excluding hydrogens is 352 g/mol. The average Bonchev–Trinajstić information content (AvgIpc) is 2.93. The van der Waals surface area contributed by atoms with Crippen molar-refractivity contribution in [2.75, 3.05) is 7.11 Å². The Bertz CT molecular complexity index is 775. The molecule has 6 nitrogen and oxygen atoms in total. The van der Waals surface area contributed by atoms with Crippen LogP contribution in [0.5, 0.6) is 5.75 Å². The Hall–Kier alpha value is -2.12. The molecule has 1 amide bonds. The number of halogens is 1. The minimum Gasteiger partial charge on any atom is -0.495 e. The maximum absolute atomic E-state index is 12.4. The highest BCUT2D eigenvalue weighted by atomic mass is 35.5. The molecule has 0 saturated heterocycles. The molecule has 1 aromatic heterocycles. The summed E-state index contributed by atoms with van der Waals surface area (Å²) in [6.45, 7) is 3.67. The van der Waals surface area contributed by atoms with E-state index in [9.17, 15) is 14.7 Å². The number of carboxylic acids is 1. The molecule has 2 N–H and O–H groups in total. The number of hydrogen-bond donors (Lipinski definition) is 2. The van der Waals surface area contributed by atoms with Gasteiger partial charge in [0, 0.05) is 0 Å². The molecule has 1 heterocycles. The van der Waals surface area contributed by atoms with Gasteiger partial charge in [0.05, 0.1) is 22.8 Å². The Morgan fingerprint density at radius 3 is 2.67 bits per heavy atom. The molecule has 0 bridgehead atoms. The van der Waals surface area contributed by atoms with E-state index in [0.29, 0.717) is 21.9 Å². The van der Waals surface area contributed by atoms with Crippen molar-refractivity contribution < 1.29 is 19.4 Å².